The van der Waals surface area contributed by atoms with E-state index in [1.54, 1.807) is 11.8 Å². The van der Waals surface area contributed by atoms with Crippen molar-refractivity contribution in [1.29, 1.82) is 0 Å². The van der Waals surface area contributed by atoms with Gasteiger partial charge in [-0.3, -0.25) is 4.99 Å². The van der Waals surface area contributed by atoms with Gasteiger partial charge in [-0.1, -0.05) is 27.7 Å². The maximum Gasteiger partial charge on any atom is 0.161 e. The summed E-state index contributed by atoms with van der Waals surface area (Å²) in [5, 5.41) is 4.36. The zero-order valence-corrected chi connectivity index (χ0v) is 11.2. The van der Waals surface area contributed by atoms with E-state index < -0.39 is 0 Å². The van der Waals surface area contributed by atoms with Crippen LogP contribution in [0.4, 0.5) is 5.69 Å². The minimum absolute atomic E-state index is 0.436. The zero-order chi connectivity index (χ0) is 10.8. The first-order chi connectivity index (χ1) is 7.13. The number of thioether (sulfide) groups is 1. The van der Waals surface area contributed by atoms with Gasteiger partial charge in [-0.05, 0) is 37.6 Å². The highest BCUT2D eigenvalue weighted by Gasteiger charge is 2.13. The van der Waals surface area contributed by atoms with Gasteiger partial charge in [-0.2, -0.15) is 0 Å². The summed E-state index contributed by atoms with van der Waals surface area (Å²) in [6.07, 6.45) is 0. The highest BCUT2D eigenvalue weighted by Crippen LogP contribution is 2.23. The first-order valence-electron chi connectivity index (χ1n) is 4.88. The topological polar surface area (TPSA) is 24.4 Å². The van der Waals surface area contributed by atoms with Crippen molar-refractivity contribution in [3.8, 4) is 0 Å². The van der Waals surface area contributed by atoms with Crippen molar-refractivity contribution in [1.82, 2.24) is 0 Å². The zero-order valence-electron chi connectivity index (χ0n) is 8.75. The number of aryl methyl sites for hydroxylation is 1. The molecule has 1 aromatic rings. The molecule has 1 aliphatic heterocycles. The number of amidine groups is 1. The highest BCUT2D eigenvalue weighted by molar-refractivity contribution is 9.10. The third-order valence-corrected chi connectivity index (χ3v) is 3.68. The standard InChI is InChI=1S/C11H13BrN2S/c1-7-3-9(12)5-10(4-7)14-11-13-8(2)6-15-11/h3-5,8H,6H2,1-2H3,(H,13,14). The molecular weight excluding hydrogens is 272 g/mol. The molecule has 0 radical (unpaired) electrons. The molecule has 0 saturated carbocycles. The summed E-state index contributed by atoms with van der Waals surface area (Å²) in [6.45, 7) is 4.22. The quantitative estimate of drug-likeness (QED) is 0.851. The minimum atomic E-state index is 0.436. The van der Waals surface area contributed by atoms with Crippen molar-refractivity contribution in [2.75, 3.05) is 11.1 Å². The molecule has 2 rings (SSSR count). The maximum absolute atomic E-state index is 4.50. The van der Waals surface area contributed by atoms with Gasteiger partial charge in [0.1, 0.15) is 0 Å². The lowest BCUT2D eigenvalue weighted by Gasteiger charge is -2.06. The van der Waals surface area contributed by atoms with E-state index in [0.717, 1.165) is 21.1 Å². The summed E-state index contributed by atoms with van der Waals surface area (Å²) >= 11 is 5.27. The Kier molecular flexibility index (Phi) is 3.36. The number of halogens is 1. The second-order valence-electron chi connectivity index (χ2n) is 3.74. The smallest absolute Gasteiger partial charge is 0.161 e. The molecule has 0 fully saturated rings. The molecule has 15 heavy (non-hydrogen) atoms. The monoisotopic (exact) mass is 284 g/mol. The van der Waals surface area contributed by atoms with Crippen LogP contribution in [0.5, 0.6) is 0 Å². The van der Waals surface area contributed by atoms with Gasteiger partial charge in [0, 0.05) is 15.9 Å². The van der Waals surface area contributed by atoms with Crippen LogP contribution in [0, 0.1) is 6.92 Å². The van der Waals surface area contributed by atoms with Gasteiger partial charge in [0.15, 0.2) is 5.17 Å². The molecule has 0 spiro atoms. The first-order valence-corrected chi connectivity index (χ1v) is 6.66. The molecule has 1 heterocycles. The average Bonchev–Trinajstić information content (AvgIpc) is 2.49. The summed E-state index contributed by atoms with van der Waals surface area (Å²) < 4.78 is 1.10. The van der Waals surface area contributed by atoms with E-state index in [1.165, 1.54) is 5.56 Å². The van der Waals surface area contributed by atoms with E-state index in [1.807, 2.05) is 0 Å². The summed E-state index contributed by atoms with van der Waals surface area (Å²) in [5.74, 6) is 1.08. The number of hydrogen-bond acceptors (Lipinski definition) is 3. The predicted octanol–water partition coefficient (Wildman–Crippen LogP) is 3.66. The van der Waals surface area contributed by atoms with Crippen LogP contribution in [0.15, 0.2) is 27.7 Å². The number of nitrogens with zero attached hydrogens (tertiary/aromatic N) is 1. The number of anilines is 1. The Morgan fingerprint density at radius 2 is 2.27 bits per heavy atom. The van der Waals surface area contributed by atoms with Crippen LogP contribution < -0.4 is 5.32 Å². The Bertz CT molecular complexity index is 383. The second kappa shape index (κ2) is 4.58. The molecule has 0 amide bonds. The molecule has 1 aromatic carbocycles. The van der Waals surface area contributed by atoms with E-state index in [0.29, 0.717) is 6.04 Å². The fourth-order valence-corrected chi connectivity index (χ4v) is 3.00. The van der Waals surface area contributed by atoms with Crippen molar-refractivity contribution < 1.29 is 0 Å². The summed E-state index contributed by atoms with van der Waals surface area (Å²) in [6, 6.07) is 6.72. The molecule has 0 aliphatic carbocycles. The molecule has 1 unspecified atom stereocenters. The molecule has 1 N–H and O–H groups in total. The van der Waals surface area contributed by atoms with E-state index in [9.17, 15) is 0 Å². The molecule has 1 aliphatic rings. The van der Waals surface area contributed by atoms with Gasteiger partial charge in [-0.25, -0.2) is 0 Å². The summed E-state index contributed by atoms with van der Waals surface area (Å²) in [5.41, 5.74) is 2.34. The normalized spacial score (nSPS) is 20.2. The third-order valence-electron chi connectivity index (χ3n) is 2.09. The second-order valence-corrected chi connectivity index (χ2v) is 5.66. The highest BCUT2D eigenvalue weighted by atomic mass is 79.9. The number of nitrogens with one attached hydrogen (secondary N) is 1. The van der Waals surface area contributed by atoms with Crippen LogP contribution in [0.2, 0.25) is 0 Å². The molecule has 80 valence electrons. The van der Waals surface area contributed by atoms with Crippen LogP contribution >= 0.6 is 27.7 Å². The van der Waals surface area contributed by atoms with Crippen LogP contribution in [0.25, 0.3) is 0 Å². The van der Waals surface area contributed by atoms with Crippen LogP contribution in [-0.4, -0.2) is 17.0 Å². The first kappa shape index (κ1) is 11.0. The van der Waals surface area contributed by atoms with E-state index in [-0.39, 0.29) is 0 Å². The number of aliphatic imine (C=N–C) groups is 1. The number of benzene rings is 1. The van der Waals surface area contributed by atoms with Crippen molar-refractivity contribution in [3.63, 3.8) is 0 Å². The molecule has 1 atom stereocenters. The Morgan fingerprint density at radius 1 is 1.47 bits per heavy atom. The van der Waals surface area contributed by atoms with Crippen LogP contribution in [0.1, 0.15) is 12.5 Å². The molecule has 2 nitrogen and oxygen atoms in total. The number of rotatable bonds is 1. The average molecular weight is 285 g/mol. The Morgan fingerprint density at radius 3 is 2.87 bits per heavy atom. The molecule has 0 aromatic heterocycles. The fourth-order valence-electron chi connectivity index (χ4n) is 1.47. The van der Waals surface area contributed by atoms with Gasteiger partial charge >= 0.3 is 0 Å². The van der Waals surface area contributed by atoms with Crippen molar-refractivity contribution >= 4 is 38.5 Å². The molecule has 4 heteroatoms. The lowest BCUT2D eigenvalue weighted by Crippen LogP contribution is -2.05. The van der Waals surface area contributed by atoms with Crippen molar-refractivity contribution in [2.45, 2.75) is 19.9 Å². The summed E-state index contributed by atoms with van der Waals surface area (Å²) in [7, 11) is 0. The largest absolute Gasteiger partial charge is 0.335 e. The van der Waals surface area contributed by atoms with Gasteiger partial charge in [0.05, 0.1) is 6.04 Å². The van der Waals surface area contributed by atoms with Crippen LogP contribution in [0.3, 0.4) is 0 Å². The predicted molar refractivity (Wildman–Crippen MR) is 71.9 cm³/mol. The number of hydrogen-bond donors (Lipinski definition) is 1. The lowest BCUT2D eigenvalue weighted by molar-refractivity contribution is 0.865. The van der Waals surface area contributed by atoms with Gasteiger partial charge in [0.2, 0.25) is 0 Å². The summed E-state index contributed by atoms with van der Waals surface area (Å²) in [4.78, 5) is 4.50. The Labute approximate surface area is 103 Å². The van der Waals surface area contributed by atoms with Crippen molar-refractivity contribution in [2.24, 2.45) is 4.99 Å². The fraction of sp³-hybridized carbons (Fsp3) is 0.364. The van der Waals surface area contributed by atoms with Crippen molar-refractivity contribution in [3.05, 3.63) is 28.2 Å². The molecular formula is C11H13BrN2S. The van der Waals surface area contributed by atoms with Gasteiger partial charge in [0.25, 0.3) is 0 Å². The Hall–Kier alpha value is -0.480. The molecule has 0 bridgehead atoms. The van der Waals surface area contributed by atoms with Gasteiger partial charge < -0.3 is 5.32 Å². The lowest BCUT2D eigenvalue weighted by atomic mass is 10.2. The molecule has 0 saturated heterocycles. The Balaban J connectivity index is 2.14. The SMILES string of the molecule is Cc1cc(Br)cc(NC2=NC(C)CS2)c1. The maximum atomic E-state index is 4.50. The third kappa shape index (κ3) is 2.98. The minimum Gasteiger partial charge on any atom is -0.335 e. The van der Waals surface area contributed by atoms with Gasteiger partial charge in [-0.15, -0.1) is 0 Å². The van der Waals surface area contributed by atoms with E-state index in [2.05, 4.69) is 58.3 Å². The van der Waals surface area contributed by atoms with E-state index in [4.69, 9.17) is 0 Å². The van der Waals surface area contributed by atoms with E-state index >= 15 is 0 Å². The van der Waals surface area contributed by atoms with Crippen LogP contribution in [-0.2, 0) is 0 Å².